The molecule has 2 aromatic rings. The van der Waals surface area contributed by atoms with Crippen molar-refractivity contribution in [3.8, 4) is 5.75 Å². The molecule has 0 aliphatic heterocycles. The molecule has 0 heterocycles. The van der Waals surface area contributed by atoms with E-state index in [9.17, 15) is 24.8 Å². The SMILES string of the molecule is COC(=O)[C@@H](Cc1ccc(OC)c([N+](=O)[O-])c1)NC(=O)[C@@H](O)c1ccccc1. The van der Waals surface area contributed by atoms with Crippen molar-refractivity contribution in [2.24, 2.45) is 0 Å². The van der Waals surface area contributed by atoms with Gasteiger partial charge in [0.2, 0.25) is 0 Å². The van der Waals surface area contributed by atoms with E-state index >= 15 is 0 Å². The molecule has 2 aromatic carbocycles. The molecular weight excluding hydrogens is 368 g/mol. The monoisotopic (exact) mass is 388 g/mol. The van der Waals surface area contributed by atoms with Gasteiger partial charge in [0.1, 0.15) is 6.04 Å². The molecule has 28 heavy (non-hydrogen) atoms. The highest BCUT2D eigenvalue weighted by Crippen LogP contribution is 2.28. The Morgan fingerprint density at radius 3 is 2.43 bits per heavy atom. The van der Waals surface area contributed by atoms with Crippen molar-refractivity contribution in [3.63, 3.8) is 0 Å². The normalized spacial score (nSPS) is 12.5. The molecule has 2 atom stereocenters. The number of aliphatic hydroxyl groups is 1. The number of nitrogens with one attached hydrogen (secondary N) is 1. The Morgan fingerprint density at radius 1 is 1.18 bits per heavy atom. The van der Waals surface area contributed by atoms with Crippen LogP contribution in [0.5, 0.6) is 5.75 Å². The van der Waals surface area contributed by atoms with Crippen LogP contribution in [0.4, 0.5) is 5.69 Å². The maximum atomic E-state index is 12.3. The van der Waals surface area contributed by atoms with E-state index in [1.807, 2.05) is 0 Å². The molecule has 0 fully saturated rings. The zero-order valence-electron chi connectivity index (χ0n) is 15.3. The molecule has 148 valence electrons. The zero-order chi connectivity index (χ0) is 20.7. The van der Waals surface area contributed by atoms with Gasteiger partial charge in [0.25, 0.3) is 5.91 Å². The van der Waals surface area contributed by atoms with E-state index in [0.717, 1.165) is 7.11 Å². The van der Waals surface area contributed by atoms with E-state index in [1.54, 1.807) is 36.4 Å². The third-order valence-electron chi connectivity index (χ3n) is 4.05. The topological polar surface area (TPSA) is 128 Å². The van der Waals surface area contributed by atoms with E-state index in [-0.39, 0.29) is 17.9 Å². The second-order valence-corrected chi connectivity index (χ2v) is 5.86. The average Bonchev–Trinajstić information content (AvgIpc) is 2.72. The van der Waals surface area contributed by atoms with Gasteiger partial charge in [0.15, 0.2) is 11.9 Å². The number of ether oxygens (including phenoxy) is 2. The Morgan fingerprint density at radius 2 is 1.86 bits per heavy atom. The molecule has 2 rings (SSSR count). The first kappa shape index (κ1) is 20.8. The first-order valence-corrected chi connectivity index (χ1v) is 8.30. The Hall–Kier alpha value is -3.46. The fraction of sp³-hybridized carbons (Fsp3) is 0.263. The average molecular weight is 388 g/mol. The molecule has 9 nitrogen and oxygen atoms in total. The lowest BCUT2D eigenvalue weighted by molar-refractivity contribution is -0.385. The first-order valence-electron chi connectivity index (χ1n) is 8.30. The lowest BCUT2D eigenvalue weighted by Crippen LogP contribution is -2.45. The Kier molecular flexibility index (Phi) is 7.05. The largest absolute Gasteiger partial charge is 0.490 e. The summed E-state index contributed by atoms with van der Waals surface area (Å²) in [5.74, 6) is -1.46. The van der Waals surface area contributed by atoms with Crippen molar-refractivity contribution in [2.45, 2.75) is 18.6 Å². The minimum absolute atomic E-state index is 0.0647. The van der Waals surface area contributed by atoms with Crippen LogP contribution < -0.4 is 10.1 Å². The number of esters is 1. The number of nitrogens with zero attached hydrogens (tertiary/aromatic N) is 1. The summed E-state index contributed by atoms with van der Waals surface area (Å²) < 4.78 is 9.64. The van der Waals surface area contributed by atoms with E-state index in [1.165, 1.54) is 19.2 Å². The van der Waals surface area contributed by atoms with E-state index < -0.39 is 28.9 Å². The van der Waals surface area contributed by atoms with Crippen LogP contribution in [-0.2, 0) is 20.7 Å². The number of hydrogen-bond donors (Lipinski definition) is 2. The zero-order valence-corrected chi connectivity index (χ0v) is 15.3. The summed E-state index contributed by atoms with van der Waals surface area (Å²) in [4.78, 5) is 35.0. The molecule has 2 N–H and O–H groups in total. The fourth-order valence-electron chi connectivity index (χ4n) is 2.61. The van der Waals surface area contributed by atoms with Gasteiger partial charge in [-0.2, -0.15) is 0 Å². The predicted octanol–water partition coefficient (Wildman–Crippen LogP) is 1.54. The molecule has 0 radical (unpaired) electrons. The van der Waals surface area contributed by atoms with Crippen LogP contribution in [0.15, 0.2) is 48.5 Å². The van der Waals surface area contributed by atoms with Crippen LogP contribution in [0.3, 0.4) is 0 Å². The number of benzene rings is 2. The summed E-state index contributed by atoms with van der Waals surface area (Å²) in [5, 5.41) is 23.8. The highest BCUT2D eigenvalue weighted by molar-refractivity contribution is 5.87. The Balaban J connectivity index is 2.20. The van der Waals surface area contributed by atoms with Crippen molar-refractivity contribution in [1.29, 1.82) is 0 Å². The number of methoxy groups -OCH3 is 2. The summed E-state index contributed by atoms with van der Waals surface area (Å²) in [6.07, 6.45) is -1.54. The van der Waals surface area contributed by atoms with Crippen LogP contribution in [0.25, 0.3) is 0 Å². The van der Waals surface area contributed by atoms with Crippen molar-refractivity contribution in [3.05, 3.63) is 69.8 Å². The number of carbonyl (C=O) groups excluding carboxylic acids is 2. The van der Waals surface area contributed by atoms with Gasteiger partial charge in [-0.05, 0) is 17.2 Å². The van der Waals surface area contributed by atoms with Crippen LogP contribution >= 0.6 is 0 Å². The van der Waals surface area contributed by atoms with Crippen LogP contribution in [0, 0.1) is 10.1 Å². The molecule has 0 aliphatic carbocycles. The minimum atomic E-state index is -1.47. The molecule has 0 unspecified atom stereocenters. The van der Waals surface area contributed by atoms with Gasteiger partial charge in [-0.15, -0.1) is 0 Å². The van der Waals surface area contributed by atoms with Crippen molar-refractivity contribution >= 4 is 17.6 Å². The van der Waals surface area contributed by atoms with Gasteiger partial charge < -0.3 is 19.9 Å². The number of nitro benzene ring substituents is 1. The molecular formula is C19H20N2O7. The van der Waals surface area contributed by atoms with Crippen molar-refractivity contribution in [2.75, 3.05) is 14.2 Å². The van der Waals surface area contributed by atoms with Crippen LogP contribution in [0.1, 0.15) is 17.2 Å². The van der Waals surface area contributed by atoms with Gasteiger partial charge in [-0.25, -0.2) is 4.79 Å². The van der Waals surface area contributed by atoms with Gasteiger partial charge >= 0.3 is 11.7 Å². The first-order chi connectivity index (χ1) is 13.4. The molecule has 0 saturated carbocycles. The Bertz CT molecular complexity index is 855. The lowest BCUT2D eigenvalue weighted by Gasteiger charge is -2.19. The summed E-state index contributed by atoms with van der Waals surface area (Å²) in [6.45, 7) is 0. The summed E-state index contributed by atoms with van der Waals surface area (Å²) in [5.41, 5.74) is 0.514. The molecule has 9 heteroatoms. The van der Waals surface area contributed by atoms with E-state index in [2.05, 4.69) is 5.32 Å². The van der Waals surface area contributed by atoms with Crippen molar-refractivity contribution < 1.29 is 29.1 Å². The molecule has 0 aliphatic rings. The number of amides is 1. The summed E-state index contributed by atoms with van der Waals surface area (Å²) in [7, 11) is 2.47. The second-order valence-electron chi connectivity index (χ2n) is 5.86. The van der Waals surface area contributed by atoms with Gasteiger partial charge in [-0.3, -0.25) is 14.9 Å². The Labute approximate surface area is 161 Å². The number of hydrogen-bond acceptors (Lipinski definition) is 7. The third-order valence-corrected chi connectivity index (χ3v) is 4.05. The quantitative estimate of drug-likeness (QED) is 0.399. The molecule has 0 aromatic heterocycles. The molecule has 0 saturated heterocycles. The van der Waals surface area contributed by atoms with Crippen molar-refractivity contribution in [1.82, 2.24) is 5.32 Å². The van der Waals surface area contributed by atoms with Gasteiger partial charge in [0.05, 0.1) is 19.1 Å². The number of rotatable bonds is 8. The van der Waals surface area contributed by atoms with Crippen LogP contribution in [-0.4, -0.2) is 42.2 Å². The van der Waals surface area contributed by atoms with E-state index in [0.29, 0.717) is 11.1 Å². The second kappa shape index (κ2) is 9.47. The number of carbonyl (C=O) groups is 2. The molecule has 0 spiro atoms. The standard InChI is InChI=1S/C19H20N2O7/c1-27-16-9-8-12(11-15(16)21(25)26)10-14(19(24)28-2)20-18(23)17(22)13-6-4-3-5-7-13/h3-9,11,14,17,22H,10H2,1-2H3,(H,20,23)/t14-,17+/m1/s1. The molecule has 0 bridgehead atoms. The highest BCUT2D eigenvalue weighted by Gasteiger charge is 2.27. The van der Waals surface area contributed by atoms with Gasteiger partial charge in [0, 0.05) is 12.5 Å². The van der Waals surface area contributed by atoms with Gasteiger partial charge in [-0.1, -0.05) is 36.4 Å². The smallest absolute Gasteiger partial charge is 0.328 e. The lowest BCUT2D eigenvalue weighted by atomic mass is 10.0. The third kappa shape index (κ3) is 5.04. The maximum absolute atomic E-state index is 12.3. The van der Waals surface area contributed by atoms with E-state index in [4.69, 9.17) is 9.47 Å². The summed E-state index contributed by atoms with van der Waals surface area (Å²) >= 11 is 0. The van der Waals surface area contributed by atoms with Crippen LogP contribution in [0.2, 0.25) is 0 Å². The summed E-state index contributed by atoms with van der Waals surface area (Å²) in [6, 6.07) is 11.3. The number of nitro groups is 1. The predicted molar refractivity (Wildman–Crippen MR) is 98.7 cm³/mol. The number of aliphatic hydroxyl groups excluding tert-OH is 1. The highest BCUT2D eigenvalue weighted by atomic mass is 16.6. The maximum Gasteiger partial charge on any atom is 0.328 e. The molecule has 1 amide bonds. The fourth-order valence-corrected chi connectivity index (χ4v) is 2.61. The minimum Gasteiger partial charge on any atom is -0.490 e.